The Kier molecular flexibility index (Phi) is 8.00. The molecule has 1 saturated carbocycles. The van der Waals surface area contributed by atoms with Crippen LogP contribution in [0.2, 0.25) is 5.02 Å². The number of aromatic amines is 1. The van der Waals surface area contributed by atoms with Crippen molar-refractivity contribution in [2.45, 2.75) is 32.9 Å². The maximum absolute atomic E-state index is 12.4. The molecule has 4 atom stereocenters. The molecule has 3 heterocycles. The number of methoxy groups -OCH3 is 1. The van der Waals surface area contributed by atoms with E-state index in [-0.39, 0.29) is 29.7 Å². The number of anilines is 1. The monoisotopic (exact) mass is 565 g/mol. The Morgan fingerprint density at radius 1 is 1.30 bits per heavy atom. The summed E-state index contributed by atoms with van der Waals surface area (Å²) in [6, 6.07) is 5.87. The maximum atomic E-state index is 12.4. The number of amides is 2. The molecular formula is C29H36ClN7O3. The van der Waals surface area contributed by atoms with Gasteiger partial charge in [0, 0.05) is 45.7 Å². The zero-order chi connectivity index (χ0) is 28.6. The number of nitrogens with one attached hydrogen (secondary N) is 2. The third kappa shape index (κ3) is 5.38. The van der Waals surface area contributed by atoms with Crippen molar-refractivity contribution < 1.29 is 14.3 Å². The minimum atomic E-state index is -0.396. The maximum Gasteiger partial charge on any atom is 0.223 e. The lowest BCUT2D eigenvalue weighted by molar-refractivity contribution is -0.130. The molecule has 1 aromatic carbocycles. The van der Waals surface area contributed by atoms with Crippen LogP contribution >= 0.6 is 11.6 Å². The Balaban J connectivity index is 1.41. The predicted molar refractivity (Wildman–Crippen MR) is 156 cm³/mol. The number of carbonyl (C=O) groups is 2. The zero-order valence-electron chi connectivity index (χ0n) is 23.1. The number of fused-ring (bicyclic) bond motifs is 1. The lowest BCUT2D eigenvalue weighted by Gasteiger charge is -2.34. The van der Waals surface area contributed by atoms with Gasteiger partial charge in [0.05, 0.1) is 35.5 Å². The molecule has 2 aliphatic rings. The SMILES string of the molecule is C=C[C@@H]1CC(C)[C@@H](Nc2c(Cl)cnc3nc(-c4ccc(CN5CCN(C(C)=O)CC5)cc4OC)[nH]c23)[C@H]1C(N)=O. The Hall–Kier alpha value is -3.63. The van der Waals surface area contributed by atoms with E-state index in [0.717, 1.165) is 50.3 Å². The summed E-state index contributed by atoms with van der Waals surface area (Å²) in [5.41, 5.74) is 9.49. The molecule has 4 N–H and O–H groups in total. The third-order valence-corrected chi connectivity index (χ3v) is 8.55. The predicted octanol–water partition coefficient (Wildman–Crippen LogP) is 3.68. The lowest BCUT2D eigenvalue weighted by Crippen LogP contribution is -2.47. The largest absolute Gasteiger partial charge is 0.496 e. The van der Waals surface area contributed by atoms with Gasteiger partial charge in [-0.05, 0) is 36.0 Å². The van der Waals surface area contributed by atoms with Crippen LogP contribution in [-0.2, 0) is 16.1 Å². The zero-order valence-corrected chi connectivity index (χ0v) is 23.9. The van der Waals surface area contributed by atoms with Gasteiger partial charge in [-0.15, -0.1) is 6.58 Å². The summed E-state index contributed by atoms with van der Waals surface area (Å²) in [6.45, 7) is 11.5. The van der Waals surface area contributed by atoms with Gasteiger partial charge in [-0.3, -0.25) is 14.5 Å². The van der Waals surface area contributed by atoms with Crippen LogP contribution < -0.4 is 15.8 Å². The van der Waals surface area contributed by atoms with E-state index < -0.39 is 5.92 Å². The first kappa shape index (κ1) is 27.9. The van der Waals surface area contributed by atoms with E-state index in [0.29, 0.717) is 33.4 Å². The summed E-state index contributed by atoms with van der Waals surface area (Å²) in [5, 5.41) is 3.93. The van der Waals surface area contributed by atoms with Crippen LogP contribution in [-0.4, -0.2) is 75.9 Å². The van der Waals surface area contributed by atoms with E-state index in [1.54, 1.807) is 20.2 Å². The average molecular weight is 566 g/mol. The number of H-pyrrole nitrogens is 1. The van der Waals surface area contributed by atoms with E-state index >= 15 is 0 Å². The number of halogens is 1. The van der Waals surface area contributed by atoms with Crippen molar-refractivity contribution >= 4 is 40.3 Å². The summed E-state index contributed by atoms with van der Waals surface area (Å²) in [4.78, 5) is 40.8. The highest BCUT2D eigenvalue weighted by Crippen LogP contribution is 2.41. The van der Waals surface area contributed by atoms with Crippen molar-refractivity contribution in [1.82, 2.24) is 24.8 Å². The number of nitrogens with zero attached hydrogens (tertiary/aromatic N) is 4. The number of pyridine rings is 1. The smallest absolute Gasteiger partial charge is 0.223 e. The molecule has 3 aromatic rings. The molecule has 0 spiro atoms. The van der Waals surface area contributed by atoms with Crippen LogP contribution in [0.5, 0.6) is 5.75 Å². The Morgan fingerprint density at radius 3 is 2.70 bits per heavy atom. The molecule has 0 bridgehead atoms. The third-order valence-electron chi connectivity index (χ3n) is 8.27. The van der Waals surface area contributed by atoms with Crippen LogP contribution in [0.4, 0.5) is 5.69 Å². The number of rotatable bonds is 8. The molecule has 40 heavy (non-hydrogen) atoms. The number of nitrogens with two attached hydrogens (primary N) is 1. The first-order chi connectivity index (χ1) is 19.2. The fourth-order valence-corrected chi connectivity index (χ4v) is 6.28. The van der Waals surface area contributed by atoms with Gasteiger partial charge in [-0.2, -0.15) is 0 Å². The minimum absolute atomic E-state index is 0.000725. The van der Waals surface area contributed by atoms with E-state index in [4.69, 9.17) is 27.1 Å². The van der Waals surface area contributed by atoms with Gasteiger partial charge in [0.25, 0.3) is 0 Å². The number of hydrogen-bond acceptors (Lipinski definition) is 7. The molecule has 0 radical (unpaired) electrons. The minimum Gasteiger partial charge on any atom is -0.496 e. The number of aromatic nitrogens is 3. The molecule has 11 heteroatoms. The molecule has 2 fully saturated rings. The molecule has 2 amide bonds. The topological polar surface area (TPSA) is 129 Å². The molecular weight excluding hydrogens is 530 g/mol. The number of ether oxygens (including phenoxy) is 1. The van der Waals surface area contributed by atoms with Crippen LogP contribution in [0.25, 0.3) is 22.6 Å². The second-order valence-corrected chi connectivity index (χ2v) is 11.2. The Morgan fingerprint density at radius 2 is 2.05 bits per heavy atom. The summed E-state index contributed by atoms with van der Waals surface area (Å²) in [7, 11) is 1.64. The van der Waals surface area contributed by atoms with Crippen molar-refractivity contribution in [3.63, 3.8) is 0 Å². The molecule has 5 rings (SSSR count). The summed E-state index contributed by atoms with van der Waals surface area (Å²) in [5.74, 6) is 0.834. The molecule has 212 valence electrons. The van der Waals surface area contributed by atoms with Crippen molar-refractivity contribution in [1.29, 1.82) is 0 Å². The van der Waals surface area contributed by atoms with Gasteiger partial charge in [-0.1, -0.05) is 30.7 Å². The van der Waals surface area contributed by atoms with Gasteiger partial charge in [0.15, 0.2) is 5.65 Å². The number of imidazole rings is 1. The summed E-state index contributed by atoms with van der Waals surface area (Å²) >= 11 is 6.62. The molecule has 1 aliphatic heterocycles. The van der Waals surface area contributed by atoms with Crippen LogP contribution in [0.1, 0.15) is 25.8 Å². The molecule has 10 nitrogen and oxygen atoms in total. The highest BCUT2D eigenvalue weighted by Gasteiger charge is 2.43. The Bertz CT molecular complexity index is 1430. The standard InChI is InChI=1S/C29H36ClN7O3/c1-5-19-12-16(2)24(23(19)27(31)39)33-25-21(30)14-32-29-26(25)34-28(35-29)20-7-6-18(13-22(20)40-4)15-36-8-10-37(11-9-36)17(3)38/h5-7,13-14,16,19,23-24H,1,8-12,15H2,2-4H3,(H2,31,39)(H2,32,33,34,35)/t16?,19-,23+,24-/m1/s1. The van der Waals surface area contributed by atoms with Crippen molar-refractivity contribution in [3.05, 3.63) is 47.6 Å². The number of benzene rings is 1. The number of allylic oxidation sites excluding steroid dienone is 1. The van der Waals surface area contributed by atoms with Gasteiger partial charge in [-0.25, -0.2) is 9.97 Å². The second kappa shape index (κ2) is 11.5. The summed E-state index contributed by atoms with van der Waals surface area (Å²) < 4.78 is 5.76. The fraction of sp³-hybridized carbons (Fsp3) is 0.448. The van der Waals surface area contributed by atoms with E-state index in [1.807, 2.05) is 23.1 Å². The van der Waals surface area contributed by atoms with Crippen molar-refractivity contribution in [3.8, 4) is 17.1 Å². The van der Waals surface area contributed by atoms with Gasteiger partial charge >= 0.3 is 0 Å². The summed E-state index contributed by atoms with van der Waals surface area (Å²) in [6.07, 6.45) is 4.19. The van der Waals surface area contributed by atoms with Gasteiger partial charge < -0.3 is 25.7 Å². The number of hydrogen-bond donors (Lipinski definition) is 3. The number of carbonyl (C=O) groups excluding carboxylic acids is 2. The first-order valence-corrected chi connectivity index (χ1v) is 14.0. The van der Waals surface area contributed by atoms with Crippen molar-refractivity contribution in [2.75, 3.05) is 38.6 Å². The van der Waals surface area contributed by atoms with Crippen LogP contribution in [0.15, 0.2) is 37.1 Å². The normalized spacial score (nSPS) is 23.4. The second-order valence-electron chi connectivity index (χ2n) is 10.8. The lowest BCUT2D eigenvalue weighted by atomic mass is 9.92. The van der Waals surface area contributed by atoms with Crippen molar-refractivity contribution in [2.24, 2.45) is 23.5 Å². The molecule has 1 aliphatic carbocycles. The van der Waals surface area contributed by atoms with Gasteiger partial charge in [0.1, 0.15) is 17.1 Å². The van der Waals surface area contributed by atoms with E-state index in [9.17, 15) is 9.59 Å². The van der Waals surface area contributed by atoms with Crippen LogP contribution in [0.3, 0.4) is 0 Å². The Labute approximate surface area is 238 Å². The van der Waals surface area contributed by atoms with E-state index in [1.165, 1.54) is 0 Å². The average Bonchev–Trinajstić information content (AvgIpc) is 3.51. The fourth-order valence-electron chi connectivity index (χ4n) is 6.08. The van der Waals surface area contributed by atoms with Crippen LogP contribution in [0, 0.1) is 17.8 Å². The van der Waals surface area contributed by atoms with E-state index in [2.05, 4.69) is 39.8 Å². The number of primary amides is 1. The quantitative estimate of drug-likeness (QED) is 0.355. The highest BCUT2D eigenvalue weighted by molar-refractivity contribution is 6.34. The molecule has 1 unspecified atom stereocenters. The van der Waals surface area contributed by atoms with Gasteiger partial charge in [0.2, 0.25) is 11.8 Å². The molecule has 1 saturated heterocycles. The number of piperazine rings is 1. The highest BCUT2D eigenvalue weighted by atomic mass is 35.5. The molecule has 2 aromatic heterocycles. The first-order valence-electron chi connectivity index (χ1n) is 13.6.